The minimum absolute atomic E-state index is 0.0441. The first-order valence-corrected chi connectivity index (χ1v) is 5.10. The predicted octanol–water partition coefficient (Wildman–Crippen LogP) is 3.08. The topological polar surface area (TPSA) is 48.7 Å². The summed E-state index contributed by atoms with van der Waals surface area (Å²) in [6.45, 7) is -1.18. The number of alkyl halides is 3. The van der Waals surface area contributed by atoms with Gasteiger partial charge in [0.25, 0.3) is 0 Å². The average Bonchev–Trinajstić information content (AvgIpc) is 2.34. The lowest BCUT2D eigenvalue weighted by Crippen LogP contribution is -2.21. The molecule has 0 aliphatic carbocycles. The van der Waals surface area contributed by atoms with Gasteiger partial charge in [0.2, 0.25) is 0 Å². The zero-order chi connectivity index (χ0) is 13.2. The van der Waals surface area contributed by atoms with E-state index in [4.69, 9.17) is 5.26 Å². The molecule has 1 aromatic heterocycles. The maximum absolute atomic E-state index is 12.1. The van der Waals surface area contributed by atoms with Crippen molar-refractivity contribution in [1.82, 2.24) is 4.98 Å². The molecule has 0 saturated carbocycles. The van der Waals surface area contributed by atoms with Crippen LogP contribution in [0.1, 0.15) is 5.56 Å². The van der Waals surface area contributed by atoms with Gasteiger partial charge in [-0.1, -0.05) is 18.2 Å². The summed E-state index contributed by atoms with van der Waals surface area (Å²) in [5.74, 6) is 0.0441. The van der Waals surface area contributed by atoms with E-state index in [1.165, 1.54) is 6.07 Å². The number of aromatic nitrogens is 1. The normalized spacial score (nSPS) is 11.2. The van der Waals surface area contributed by atoms with Crippen LogP contribution in [0.3, 0.4) is 0 Å². The van der Waals surface area contributed by atoms with E-state index in [0.29, 0.717) is 16.5 Å². The van der Waals surface area contributed by atoms with Gasteiger partial charge >= 0.3 is 6.18 Å². The zero-order valence-electron chi connectivity index (χ0n) is 9.12. The Kier molecular flexibility index (Phi) is 3.06. The number of hydrogen-bond donors (Lipinski definition) is 1. The lowest BCUT2D eigenvalue weighted by atomic mass is 10.1. The smallest absolute Gasteiger partial charge is 0.361 e. The highest BCUT2D eigenvalue weighted by Gasteiger charge is 2.26. The monoisotopic (exact) mass is 251 g/mol. The average molecular weight is 251 g/mol. The second-order valence-corrected chi connectivity index (χ2v) is 3.65. The number of fused-ring (bicyclic) bond motifs is 1. The fourth-order valence-electron chi connectivity index (χ4n) is 1.55. The number of nitrogens with one attached hydrogen (secondary N) is 1. The molecule has 2 aromatic rings. The third kappa shape index (κ3) is 2.69. The van der Waals surface area contributed by atoms with E-state index in [1.807, 2.05) is 6.07 Å². The van der Waals surface area contributed by atoms with E-state index in [-0.39, 0.29) is 5.82 Å². The summed E-state index contributed by atoms with van der Waals surface area (Å²) in [6.07, 6.45) is -4.32. The highest BCUT2D eigenvalue weighted by Crippen LogP contribution is 2.21. The Labute approximate surface area is 101 Å². The molecule has 6 heteroatoms. The van der Waals surface area contributed by atoms with Crippen molar-refractivity contribution in [3.63, 3.8) is 0 Å². The van der Waals surface area contributed by atoms with E-state index < -0.39 is 12.7 Å². The van der Waals surface area contributed by atoms with Gasteiger partial charge in [0.05, 0.1) is 17.1 Å². The molecule has 0 aliphatic heterocycles. The Morgan fingerprint density at radius 2 is 2.00 bits per heavy atom. The minimum atomic E-state index is -4.32. The van der Waals surface area contributed by atoms with Crippen LogP contribution in [0.25, 0.3) is 10.9 Å². The number of para-hydroxylation sites is 1. The first-order valence-electron chi connectivity index (χ1n) is 5.10. The van der Waals surface area contributed by atoms with Crippen molar-refractivity contribution >= 4 is 16.7 Å². The number of halogens is 3. The van der Waals surface area contributed by atoms with E-state index in [1.54, 1.807) is 24.3 Å². The maximum Gasteiger partial charge on any atom is 0.405 e. The number of rotatable bonds is 2. The van der Waals surface area contributed by atoms with Crippen LogP contribution in [0.2, 0.25) is 0 Å². The van der Waals surface area contributed by atoms with E-state index in [2.05, 4.69) is 10.3 Å². The maximum atomic E-state index is 12.1. The lowest BCUT2D eigenvalue weighted by Gasteiger charge is -2.10. The molecule has 1 heterocycles. The van der Waals surface area contributed by atoms with Crippen molar-refractivity contribution in [2.75, 3.05) is 11.9 Å². The van der Waals surface area contributed by atoms with Gasteiger partial charge in [-0.15, -0.1) is 0 Å². The van der Waals surface area contributed by atoms with Gasteiger partial charge in [0, 0.05) is 5.39 Å². The van der Waals surface area contributed by atoms with Gasteiger partial charge in [-0.2, -0.15) is 18.4 Å². The quantitative estimate of drug-likeness (QED) is 0.892. The fourth-order valence-corrected chi connectivity index (χ4v) is 1.55. The van der Waals surface area contributed by atoms with Gasteiger partial charge in [-0.3, -0.25) is 0 Å². The van der Waals surface area contributed by atoms with Crippen LogP contribution >= 0.6 is 0 Å². The summed E-state index contributed by atoms with van der Waals surface area (Å²) >= 11 is 0. The molecule has 1 aromatic carbocycles. The van der Waals surface area contributed by atoms with E-state index in [9.17, 15) is 13.2 Å². The van der Waals surface area contributed by atoms with Crippen LogP contribution in [-0.4, -0.2) is 17.7 Å². The summed E-state index contributed by atoms with van der Waals surface area (Å²) in [4.78, 5) is 4.02. The Hall–Kier alpha value is -2.29. The van der Waals surface area contributed by atoms with E-state index in [0.717, 1.165) is 0 Å². The van der Waals surface area contributed by atoms with Crippen molar-refractivity contribution in [3.05, 3.63) is 35.9 Å². The molecule has 0 radical (unpaired) electrons. The van der Waals surface area contributed by atoms with Crippen molar-refractivity contribution in [3.8, 4) is 6.07 Å². The number of pyridine rings is 1. The molecule has 2 rings (SSSR count). The van der Waals surface area contributed by atoms with Crippen LogP contribution < -0.4 is 5.32 Å². The molecule has 18 heavy (non-hydrogen) atoms. The van der Waals surface area contributed by atoms with Crippen molar-refractivity contribution < 1.29 is 13.2 Å². The molecule has 92 valence electrons. The molecular weight excluding hydrogens is 243 g/mol. The SMILES string of the molecule is N#Cc1cc(NCC(F)(F)F)nc2ccccc12. The first-order chi connectivity index (χ1) is 8.49. The van der Waals surface area contributed by atoms with Crippen molar-refractivity contribution in [2.45, 2.75) is 6.18 Å². The summed E-state index contributed by atoms with van der Waals surface area (Å²) in [5.41, 5.74) is 0.784. The Bertz CT molecular complexity index is 614. The molecule has 0 fully saturated rings. The summed E-state index contributed by atoms with van der Waals surface area (Å²) in [5, 5.41) is 11.7. The number of nitrogens with zero attached hydrogens (tertiary/aromatic N) is 2. The van der Waals surface area contributed by atoms with Crippen LogP contribution in [0, 0.1) is 11.3 Å². The predicted molar refractivity (Wildman–Crippen MR) is 61.0 cm³/mol. The third-order valence-corrected chi connectivity index (χ3v) is 2.31. The van der Waals surface area contributed by atoms with Crippen molar-refractivity contribution in [1.29, 1.82) is 5.26 Å². The molecule has 0 unspecified atom stereocenters. The van der Waals surface area contributed by atoms with Crippen LogP contribution in [-0.2, 0) is 0 Å². The Balaban J connectivity index is 2.39. The molecule has 0 saturated heterocycles. The largest absolute Gasteiger partial charge is 0.405 e. The van der Waals surface area contributed by atoms with Crippen LogP contribution in [0.4, 0.5) is 19.0 Å². The Morgan fingerprint density at radius 3 is 2.67 bits per heavy atom. The second kappa shape index (κ2) is 4.53. The Morgan fingerprint density at radius 1 is 1.28 bits per heavy atom. The van der Waals surface area contributed by atoms with Crippen LogP contribution in [0.5, 0.6) is 0 Å². The van der Waals surface area contributed by atoms with Gasteiger partial charge in [0.15, 0.2) is 0 Å². The van der Waals surface area contributed by atoms with Crippen molar-refractivity contribution in [2.24, 2.45) is 0 Å². The molecule has 3 nitrogen and oxygen atoms in total. The van der Waals surface area contributed by atoms with Gasteiger partial charge in [-0.05, 0) is 12.1 Å². The van der Waals surface area contributed by atoms with Crippen LogP contribution in [0.15, 0.2) is 30.3 Å². The summed E-state index contributed by atoms with van der Waals surface area (Å²) in [6, 6.07) is 10.1. The molecule has 0 aliphatic rings. The molecule has 0 atom stereocenters. The molecule has 0 spiro atoms. The summed E-state index contributed by atoms with van der Waals surface area (Å²) < 4.78 is 36.2. The van der Waals surface area contributed by atoms with Gasteiger partial charge < -0.3 is 5.32 Å². The standard InChI is InChI=1S/C12H8F3N3/c13-12(14,15)7-17-11-5-8(6-16)9-3-1-2-4-10(9)18-11/h1-5H,7H2,(H,17,18). The molecule has 0 bridgehead atoms. The zero-order valence-corrected chi connectivity index (χ0v) is 9.12. The number of nitriles is 1. The molecule has 1 N–H and O–H groups in total. The highest BCUT2D eigenvalue weighted by molar-refractivity contribution is 5.86. The second-order valence-electron chi connectivity index (χ2n) is 3.65. The number of anilines is 1. The highest BCUT2D eigenvalue weighted by atomic mass is 19.4. The molecule has 0 amide bonds. The minimum Gasteiger partial charge on any atom is -0.361 e. The summed E-state index contributed by atoms with van der Waals surface area (Å²) in [7, 11) is 0. The number of benzene rings is 1. The number of hydrogen-bond acceptors (Lipinski definition) is 3. The molecular formula is C12H8F3N3. The first kappa shape index (κ1) is 12.2. The lowest BCUT2D eigenvalue weighted by molar-refractivity contribution is -0.115. The van der Waals surface area contributed by atoms with E-state index >= 15 is 0 Å². The van der Waals surface area contributed by atoms with Gasteiger partial charge in [-0.25, -0.2) is 4.98 Å². The van der Waals surface area contributed by atoms with Gasteiger partial charge in [0.1, 0.15) is 12.4 Å². The third-order valence-electron chi connectivity index (χ3n) is 2.31. The fraction of sp³-hybridized carbons (Fsp3) is 0.167.